The van der Waals surface area contributed by atoms with Crippen LogP contribution >= 0.6 is 0 Å². The number of nitrogens with one attached hydrogen (secondary N) is 1. The number of fused-ring (bicyclic) bond motifs is 2. The molecule has 6 rings (SSSR count). The average Bonchev–Trinajstić information content (AvgIpc) is 3.54. The summed E-state index contributed by atoms with van der Waals surface area (Å²) in [5.41, 5.74) is 4.20. The second-order valence-corrected chi connectivity index (χ2v) is 10.3. The molecule has 178 valence electrons. The van der Waals surface area contributed by atoms with Gasteiger partial charge in [0, 0.05) is 41.9 Å². The van der Waals surface area contributed by atoms with Crippen molar-refractivity contribution in [3.63, 3.8) is 0 Å². The number of carbonyl (C=O) groups is 1. The second-order valence-electron chi connectivity index (χ2n) is 8.47. The molecule has 0 spiro atoms. The standard InChI is InChI=1S/C27H21N5O3S/c33-26(29-22-11-9-19(10-12-22)24-18-31-15-4-14-28-27(31)30-24)21-6-3-7-23(17-21)36(34,35)32-16-13-20-5-1-2-8-25(20)32/h1-12,14-15,17-18H,13,16H2,(H,29,33). The quantitative estimate of drug-likeness (QED) is 0.390. The highest BCUT2D eigenvalue weighted by molar-refractivity contribution is 7.92. The SMILES string of the molecule is O=C(Nc1ccc(-c2cn3cccnc3n2)cc1)c1cccc(S(=O)(=O)N2CCc3ccccc32)c1. The van der Waals surface area contributed by atoms with E-state index in [1.807, 2.05) is 59.3 Å². The molecule has 0 radical (unpaired) electrons. The molecule has 9 heteroatoms. The first kappa shape index (κ1) is 22.0. The number of aromatic nitrogens is 3. The third-order valence-corrected chi connectivity index (χ3v) is 8.01. The molecule has 1 aliphatic rings. The summed E-state index contributed by atoms with van der Waals surface area (Å²) >= 11 is 0. The number of hydrogen-bond acceptors (Lipinski definition) is 5. The van der Waals surface area contributed by atoms with Crippen molar-refractivity contribution < 1.29 is 13.2 Å². The number of benzene rings is 3. The van der Waals surface area contributed by atoms with E-state index < -0.39 is 15.9 Å². The molecule has 2 aromatic heterocycles. The largest absolute Gasteiger partial charge is 0.322 e. The monoisotopic (exact) mass is 495 g/mol. The molecule has 5 aromatic rings. The van der Waals surface area contributed by atoms with E-state index >= 15 is 0 Å². The Hall–Kier alpha value is -4.50. The molecule has 0 atom stereocenters. The third-order valence-electron chi connectivity index (χ3n) is 6.20. The summed E-state index contributed by atoms with van der Waals surface area (Å²) in [4.78, 5) is 21.8. The molecule has 3 aromatic carbocycles. The first-order valence-electron chi connectivity index (χ1n) is 11.4. The van der Waals surface area contributed by atoms with Crippen LogP contribution in [0.3, 0.4) is 0 Å². The van der Waals surface area contributed by atoms with Crippen LogP contribution in [-0.2, 0) is 16.4 Å². The van der Waals surface area contributed by atoms with E-state index in [1.54, 1.807) is 30.5 Å². The van der Waals surface area contributed by atoms with Crippen LogP contribution in [0.25, 0.3) is 17.0 Å². The van der Waals surface area contributed by atoms with Crippen LogP contribution in [0.4, 0.5) is 11.4 Å². The molecule has 1 amide bonds. The fourth-order valence-electron chi connectivity index (χ4n) is 4.38. The van der Waals surface area contributed by atoms with Gasteiger partial charge in [0.15, 0.2) is 0 Å². The number of anilines is 2. The minimum atomic E-state index is -3.79. The van der Waals surface area contributed by atoms with E-state index in [0.717, 1.165) is 16.8 Å². The summed E-state index contributed by atoms with van der Waals surface area (Å²) in [6.07, 6.45) is 6.12. The minimum absolute atomic E-state index is 0.0858. The number of rotatable bonds is 5. The summed E-state index contributed by atoms with van der Waals surface area (Å²) in [6.45, 7) is 0.382. The molecule has 8 nitrogen and oxygen atoms in total. The van der Waals surface area contributed by atoms with Crippen molar-refractivity contribution in [2.75, 3.05) is 16.2 Å². The van der Waals surface area contributed by atoms with Crippen molar-refractivity contribution in [1.29, 1.82) is 0 Å². The zero-order valence-corrected chi connectivity index (χ0v) is 19.9. The number of amides is 1. The smallest absolute Gasteiger partial charge is 0.264 e. The zero-order chi connectivity index (χ0) is 24.7. The van der Waals surface area contributed by atoms with Crippen molar-refractivity contribution >= 4 is 33.1 Å². The minimum Gasteiger partial charge on any atom is -0.322 e. The number of sulfonamides is 1. The van der Waals surface area contributed by atoms with Gasteiger partial charge in [-0.25, -0.2) is 18.4 Å². The highest BCUT2D eigenvalue weighted by atomic mass is 32.2. The summed E-state index contributed by atoms with van der Waals surface area (Å²) in [6, 6.07) is 22.7. The maximum absolute atomic E-state index is 13.3. The van der Waals surface area contributed by atoms with Crippen LogP contribution in [-0.4, -0.2) is 35.2 Å². The lowest BCUT2D eigenvalue weighted by atomic mass is 10.1. The van der Waals surface area contributed by atoms with Gasteiger partial charge in [-0.15, -0.1) is 0 Å². The molecule has 0 bridgehead atoms. The predicted octanol–water partition coefficient (Wildman–Crippen LogP) is 4.40. The van der Waals surface area contributed by atoms with Crippen LogP contribution < -0.4 is 9.62 Å². The average molecular weight is 496 g/mol. The fraction of sp³-hybridized carbons (Fsp3) is 0.0741. The third kappa shape index (κ3) is 3.89. The van der Waals surface area contributed by atoms with Gasteiger partial charge in [-0.05, 0) is 54.4 Å². The second kappa shape index (κ2) is 8.62. The molecule has 0 unspecified atom stereocenters. The molecule has 1 aliphatic heterocycles. The molecule has 36 heavy (non-hydrogen) atoms. The Bertz CT molecular complexity index is 1680. The van der Waals surface area contributed by atoms with Gasteiger partial charge < -0.3 is 5.32 Å². The van der Waals surface area contributed by atoms with Gasteiger partial charge in [0.2, 0.25) is 5.78 Å². The normalized spacial score (nSPS) is 13.1. The maximum atomic E-state index is 13.3. The van der Waals surface area contributed by atoms with E-state index in [9.17, 15) is 13.2 Å². The lowest BCUT2D eigenvalue weighted by molar-refractivity contribution is 0.102. The van der Waals surface area contributed by atoms with Gasteiger partial charge in [0.05, 0.1) is 16.3 Å². The van der Waals surface area contributed by atoms with Crippen LogP contribution in [0, 0.1) is 0 Å². The van der Waals surface area contributed by atoms with Crippen LogP contribution in [0.15, 0.2) is 102 Å². The van der Waals surface area contributed by atoms with Crippen molar-refractivity contribution in [3.8, 4) is 11.3 Å². The van der Waals surface area contributed by atoms with Gasteiger partial charge in [-0.1, -0.05) is 36.4 Å². The Balaban J connectivity index is 1.21. The molecule has 1 N–H and O–H groups in total. The Morgan fingerprint density at radius 2 is 1.78 bits per heavy atom. The van der Waals surface area contributed by atoms with E-state index in [4.69, 9.17) is 0 Å². The van der Waals surface area contributed by atoms with Gasteiger partial charge in [-0.2, -0.15) is 0 Å². The zero-order valence-electron chi connectivity index (χ0n) is 19.1. The number of nitrogens with zero attached hydrogens (tertiary/aromatic N) is 4. The molecule has 0 aliphatic carbocycles. The molecule has 0 saturated carbocycles. The Labute approximate surface area is 207 Å². The van der Waals surface area contributed by atoms with Gasteiger partial charge in [0.1, 0.15) is 0 Å². The molecule has 0 saturated heterocycles. The Morgan fingerprint density at radius 3 is 2.61 bits per heavy atom. The molecular weight excluding hydrogens is 474 g/mol. The molecular formula is C27H21N5O3S. The van der Waals surface area contributed by atoms with E-state index in [-0.39, 0.29) is 10.5 Å². The summed E-state index contributed by atoms with van der Waals surface area (Å²) in [7, 11) is -3.79. The van der Waals surface area contributed by atoms with E-state index in [0.29, 0.717) is 30.1 Å². The predicted molar refractivity (Wildman–Crippen MR) is 137 cm³/mol. The summed E-state index contributed by atoms with van der Waals surface area (Å²) in [5.74, 6) is 0.218. The van der Waals surface area contributed by atoms with Crippen molar-refractivity contribution in [2.45, 2.75) is 11.3 Å². The van der Waals surface area contributed by atoms with Gasteiger partial charge in [0.25, 0.3) is 15.9 Å². The maximum Gasteiger partial charge on any atom is 0.264 e. The Kier molecular flexibility index (Phi) is 5.26. The van der Waals surface area contributed by atoms with Gasteiger partial charge >= 0.3 is 0 Å². The highest BCUT2D eigenvalue weighted by Gasteiger charge is 2.31. The summed E-state index contributed by atoms with van der Waals surface area (Å²) < 4.78 is 29.9. The van der Waals surface area contributed by atoms with Crippen LogP contribution in [0.2, 0.25) is 0 Å². The van der Waals surface area contributed by atoms with E-state index in [2.05, 4.69) is 15.3 Å². The molecule has 3 heterocycles. The highest BCUT2D eigenvalue weighted by Crippen LogP contribution is 2.33. The fourth-order valence-corrected chi connectivity index (χ4v) is 5.93. The number of para-hydroxylation sites is 1. The van der Waals surface area contributed by atoms with Crippen molar-refractivity contribution in [2.24, 2.45) is 0 Å². The van der Waals surface area contributed by atoms with Crippen LogP contribution in [0.1, 0.15) is 15.9 Å². The molecule has 0 fully saturated rings. The lowest BCUT2D eigenvalue weighted by Gasteiger charge is -2.20. The first-order chi connectivity index (χ1) is 17.5. The Morgan fingerprint density at radius 1 is 0.944 bits per heavy atom. The van der Waals surface area contributed by atoms with Gasteiger partial charge in [-0.3, -0.25) is 13.5 Å². The van der Waals surface area contributed by atoms with Crippen molar-refractivity contribution in [3.05, 3.63) is 109 Å². The van der Waals surface area contributed by atoms with E-state index in [1.165, 1.54) is 16.4 Å². The topological polar surface area (TPSA) is 96.7 Å². The van der Waals surface area contributed by atoms with Crippen LogP contribution in [0.5, 0.6) is 0 Å². The van der Waals surface area contributed by atoms with Crippen molar-refractivity contribution in [1.82, 2.24) is 14.4 Å². The first-order valence-corrected chi connectivity index (χ1v) is 12.9. The number of carbonyl (C=O) groups excluding carboxylic acids is 1. The summed E-state index contributed by atoms with van der Waals surface area (Å²) in [5, 5.41) is 2.84. The lowest BCUT2D eigenvalue weighted by Crippen LogP contribution is -2.29. The number of hydrogen-bond donors (Lipinski definition) is 1. The number of imidazole rings is 1.